The van der Waals surface area contributed by atoms with Crippen LogP contribution in [0, 0.1) is 20.2 Å². The number of nitrogens with one attached hydrogen (secondary N) is 1. The van der Waals surface area contributed by atoms with Gasteiger partial charge in [-0.25, -0.2) is 5.43 Å². The molecule has 1 amide bonds. The van der Waals surface area contributed by atoms with Gasteiger partial charge in [0.2, 0.25) is 5.75 Å². The molecule has 0 saturated heterocycles. The summed E-state index contributed by atoms with van der Waals surface area (Å²) in [6.07, 6.45) is 1.36. The molecule has 1 N–H and O–H groups in total. The molecule has 0 fully saturated rings. The molecule has 0 aliphatic heterocycles. The summed E-state index contributed by atoms with van der Waals surface area (Å²) in [5.74, 6) is 0.146. The first kappa shape index (κ1) is 25.5. The summed E-state index contributed by atoms with van der Waals surface area (Å²) in [6, 6.07) is 26.7. The highest BCUT2D eigenvalue weighted by atomic mass is 16.6. The first-order valence-corrected chi connectivity index (χ1v) is 11.2. The summed E-state index contributed by atoms with van der Waals surface area (Å²) < 4.78 is 11.1. The lowest BCUT2D eigenvalue weighted by Gasteiger charge is -2.07. The Labute approximate surface area is 216 Å². The van der Waals surface area contributed by atoms with Crippen LogP contribution in [-0.4, -0.2) is 28.6 Å². The molecule has 0 radical (unpaired) electrons. The second-order valence-electron chi connectivity index (χ2n) is 7.81. The summed E-state index contributed by atoms with van der Waals surface area (Å²) >= 11 is 0. The number of rotatable bonds is 10. The highest BCUT2D eigenvalue weighted by Crippen LogP contribution is 2.34. The van der Waals surface area contributed by atoms with Crippen molar-refractivity contribution in [3.63, 3.8) is 0 Å². The standard InChI is InChI=1S/C27H20N4O7/c32-27(18-37-23-12-9-21(10-13-23)20-6-2-1-3-7-20)29-28-17-19-5-4-8-24(15-19)38-26-14-11-22(30(33)34)16-25(26)31(35)36/h1-17H,18H2,(H,29,32)/b28-17-. The maximum absolute atomic E-state index is 12.1. The van der Waals surface area contributed by atoms with Crippen molar-refractivity contribution >= 4 is 23.5 Å². The van der Waals surface area contributed by atoms with Gasteiger partial charge in [-0.15, -0.1) is 0 Å². The Bertz CT molecular complexity index is 1490. The Kier molecular flexibility index (Phi) is 7.99. The average Bonchev–Trinajstić information content (AvgIpc) is 2.93. The van der Waals surface area contributed by atoms with Gasteiger partial charge in [0.05, 0.1) is 22.1 Å². The number of non-ortho nitro benzene ring substituents is 1. The predicted octanol–water partition coefficient (Wildman–Crippen LogP) is 5.49. The Morgan fingerprint density at radius 3 is 2.26 bits per heavy atom. The van der Waals surface area contributed by atoms with Gasteiger partial charge >= 0.3 is 5.69 Å². The molecule has 4 aromatic carbocycles. The maximum Gasteiger partial charge on any atom is 0.318 e. The highest BCUT2D eigenvalue weighted by molar-refractivity contribution is 5.83. The molecule has 0 aliphatic rings. The number of nitro benzene ring substituents is 2. The van der Waals surface area contributed by atoms with Crippen molar-refractivity contribution in [2.75, 3.05) is 6.61 Å². The van der Waals surface area contributed by atoms with Crippen LogP contribution >= 0.6 is 0 Å². The fourth-order valence-corrected chi connectivity index (χ4v) is 3.37. The number of ether oxygens (including phenoxy) is 2. The predicted molar refractivity (Wildman–Crippen MR) is 139 cm³/mol. The molecule has 11 heteroatoms. The molecule has 38 heavy (non-hydrogen) atoms. The van der Waals surface area contributed by atoms with Crippen molar-refractivity contribution in [1.82, 2.24) is 5.43 Å². The van der Waals surface area contributed by atoms with Crippen LogP contribution in [-0.2, 0) is 4.79 Å². The molecule has 0 atom stereocenters. The number of hydrogen-bond acceptors (Lipinski definition) is 8. The van der Waals surface area contributed by atoms with Crippen molar-refractivity contribution in [3.8, 4) is 28.4 Å². The Morgan fingerprint density at radius 2 is 1.55 bits per heavy atom. The number of hydrogen-bond donors (Lipinski definition) is 1. The van der Waals surface area contributed by atoms with Crippen LogP contribution in [0.2, 0.25) is 0 Å². The minimum absolute atomic E-state index is 0.156. The van der Waals surface area contributed by atoms with Gasteiger partial charge in [-0.05, 0) is 47.0 Å². The molecule has 4 aromatic rings. The number of carbonyl (C=O) groups excluding carboxylic acids is 1. The number of amides is 1. The summed E-state index contributed by atoms with van der Waals surface area (Å²) in [5, 5.41) is 26.1. The van der Waals surface area contributed by atoms with Gasteiger partial charge in [0.1, 0.15) is 11.5 Å². The smallest absolute Gasteiger partial charge is 0.318 e. The summed E-state index contributed by atoms with van der Waals surface area (Å²) in [7, 11) is 0. The van der Waals surface area contributed by atoms with E-state index in [1.807, 2.05) is 42.5 Å². The largest absolute Gasteiger partial charge is 0.484 e. The Morgan fingerprint density at radius 1 is 0.816 bits per heavy atom. The van der Waals surface area contributed by atoms with Crippen molar-refractivity contribution in [1.29, 1.82) is 0 Å². The summed E-state index contributed by atoms with van der Waals surface area (Å²) in [4.78, 5) is 32.8. The van der Waals surface area contributed by atoms with Crippen LogP contribution in [0.25, 0.3) is 11.1 Å². The third-order valence-electron chi connectivity index (χ3n) is 5.17. The van der Waals surface area contributed by atoms with E-state index in [1.165, 1.54) is 12.3 Å². The number of nitro groups is 2. The fourth-order valence-electron chi connectivity index (χ4n) is 3.37. The fraction of sp³-hybridized carbons (Fsp3) is 0.0370. The van der Waals surface area contributed by atoms with Crippen molar-refractivity contribution in [2.24, 2.45) is 5.10 Å². The molecule has 0 heterocycles. The van der Waals surface area contributed by atoms with E-state index in [4.69, 9.17) is 9.47 Å². The molecular weight excluding hydrogens is 492 g/mol. The van der Waals surface area contributed by atoms with Gasteiger partial charge in [-0.2, -0.15) is 5.10 Å². The van der Waals surface area contributed by atoms with E-state index in [2.05, 4.69) is 10.5 Å². The summed E-state index contributed by atoms with van der Waals surface area (Å²) in [5.41, 5.74) is 4.03. The maximum atomic E-state index is 12.1. The zero-order valence-corrected chi connectivity index (χ0v) is 19.7. The van der Waals surface area contributed by atoms with Crippen LogP contribution in [0.15, 0.2) is 102 Å². The number of nitrogens with zero attached hydrogens (tertiary/aromatic N) is 3. The molecule has 0 unspecified atom stereocenters. The van der Waals surface area contributed by atoms with E-state index in [0.717, 1.165) is 29.3 Å². The van der Waals surface area contributed by atoms with Gasteiger partial charge in [0.25, 0.3) is 11.6 Å². The van der Waals surface area contributed by atoms with Crippen molar-refractivity contribution < 1.29 is 24.1 Å². The van der Waals surface area contributed by atoms with Gasteiger partial charge in [-0.1, -0.05) is 54.6 Å². The quantitative estimate of drug-likeness (QED) is 0.168. The zero-order chi connectivity index (χ0) is 26.9. The van der Waals surface area contributed by atoms with Crippen LogP contribution in [0.3, 0.4) is 0 Å². The van der Waals surface area contributed by atoms with Crippen LogP contribution in [0.5, 0.6) is 17.2 Å². The second-order valence-corrected chi connectivity index (χ2v) is 7.81. The minimum Gasteiger partial charge on any atom is -0.484 e. The highest BCUT2D eigenvalue weighted by Gasteiger charge is 2.21. The lowest BCUT2D eigenvalue weighted by molar-refractivity contribution is -0.394. The van der Waals surface area contributed by atoms with Crippen LogP contribution in [0.4, 0.5) is 11.4 Å². The lowest BCUT2D eigenvalue weighted by Crippen LogP contribution is -2.24. The minimum atomic E-state index is -0.761. The molecule has 0 spiro atoms. The third-order valence-corrected chi connectivity index (χ3v) is 5.17. The first-order valence-electron chi connectivity index (χ1n) is 11.2. The summed E-state index contributed by atoms with van der Waals surface area (Å²) in [6.45, 7) is -0.241. The van der Waals surface area contributed by atoms with Gasteiger partial charge in [-0.3, -0.25) is 25.0 Å². The van der Waals surface area contributed by atoms with E-state index >= 15 is 0 Å². The number of benzene rings is 4. The third kappa shape index (κ3) is 6.76. The Balaban J connectivity index is 1.31. The topological polar surface area (TPSA) is 146 Å². The molecular formula is C27H20N4O7. The van der Waals surface area contributed by atoms with Gasteiger partial charge in [0.15, 0.2) is 6.61 Å². The Hall–Kier alpha value is -5.58. The second kappa shape index (κ2) is 11.9. The van der Waals surface area contributed by atoms with E-state index in [9.17, 15) is 25.0 Å². The molecule has 190 valence electrons. The van der Waals surface area contributed by atoms with Crippen molar-refractivity contribution in [3.05, 3.63) is 123 Å². The van der Waals surface area contributed by atoms with Crippen LogP contribution in [0.1, 0.15) is 5.56 Å². The molecule has 4 rings (SSSR count). The van der Waals surface area contributed by atoms with E-state index in [0.29, 0.717) is 11.3 Å². The molecule has 0 saturated carbocycles. The normalized spacial score (nSPS) is 10.6. The van der Waals surface area contributed by atoms with Crippen molar-refractivity contribution in [2.45, 2.75) is 0 Å². The number of carbonyl (C=O) groups is 1. The molecule has 0 bridgehead atoms. The SMILES string of the molecule is O=C(COc1ccc(-c2ccccc2)cc1)N/N=C\c1cccc(Oc2ccc([N+](=O)[O-])cc2[N+](=O)[O-])c1. The van der Waals surface area contributed by atoms with Gasteiger partial charge in [0, 0.05) is 6.07 Å². The van der Waals surface area contributed by atoms with E-state index in [-0.39, 0.29) is 18.1 Å². The first-order chi connectivity index (χ1) is 18.4. The molecule has 11 nitrogen and oxygen atoms in total. The zero-order valence-electron chi connectivity index (χ0n) is 19.7. The van der Waals surface area contributed by atoms with Gasteiger partial charge < -0.3 is 9.47 Å². The number of hydrazone groups is 1. The average molecular weight is 512 g/mol. The van der Waals surface area contributed by atoms with E-state index < -0.39 is 27.1 Å². The van der Waals surface area contributed by atoms with E-state index in [1.54, 1.807) is 30.3 Å². The van der Waals surface area contributed by atoms with Crippen LogP contribution < -0.4 is 14.9 Å². The molecule has 0 aromatic heterocycles. The lowest BCUT2D eigenvalue weighted by atomic mass is 10.1. The monoisotopic (exact) mass is 512 g/mol. The molecule has 0 aliphatic carbocycles.